The summed E-state index contributed by atoms with van der Waals surface area (Å²) in [5, 5.41) is 10.4. The Morgan fingerprint density at radius 3 is 2.50 bits per heavy atom. The van der Waals surface area contributed by atoms with Crippen LogP contribution in [-0.2, 0) is 4.79 Å². The average molecular weight is 378 g/mol. The van der Waals surface area contributed by atoms with Gasteiger partial charge in [-0.2, -0.15) is 5.10 Å². The maximum atomic E-state index is 12.1. The summed E-state index contributed by atoms with van der Waals surface area (Å²) in [6.45, 7) is 2.11. The van der Waals surface area contributed by atoms with Gasteiger partial charge in [-0.25, -0.2) is 4.68 Å². The zero-order valence-corrected chi connectivity index (χ0v) is 15.3. The molecule has 2 aromatic rings. The second kappa shape index (κ2) is 9.35. The molecule has 2 heterocycles. The van der Waals surface area contributed by atoms with Gasteiger partial charge >= 0.3 is 0 Å². The number of carbonyl (C=O) groups is 2. The predicted molar refractivity (Wildman–Crippen MR) is 103 cm³/mol. The zero-order chi connectivity index (χ0) is 17.6. The molecule has 0 unspecified atom stereocenters. The van der Waals surface area contributed by atoms with Gasteiger partial charge in [0.25, 0.3) is 5.91 Å². The summed E-state index contributed by atoms with van der Waals surface area (Å²) in [4.78, 5) is 23.2. The Morgan fingerprint density at radius 1 is 1.19 bits per heavy atom. The number of piperidine rings is 1. The first kappa shape index (κ1) is 19.9. The molecule has 1 saturated heterocycles. The van der Waals surface area contributed by atoms with Crippen LogP contribution in [0.15, 0.2) is 36.5 Å². The number of aromatic nitrogens is 2. The van der Waals surface area contributed by atoms with Gasteiger partial charge in [0, 0.05) is 18.3 Å². The normalized spacial score (nSPS) is 14.5. The van der Waals surface area contributed by atoms with Gasteiger partial charge < -0.3 is 16.4 Å². The molecule has 8 heteroatoms. The molecular weight excluding hydrogens is 354 g/mol. The molecule has 0 bridgehead atoms. The third-order valence-corrected chi connectivity index (χ3v) is 4.50. The van der Waals surface area contributed by atoms with Gasteiger partial charge in [-0.15, -0.1) is 12.4 Å². The van der Waals surface area contributed by atoms with Crippen molar-refractivity contribution in [2.75, 3.05) is 18.4 Å². The van der Waals surface area contributed by atoms with E-state index in [0.29, 0.717) is 12.3 Å². The Hall–Kier alpha value is -2.38. The van der Waals surface area contributed by atoms with E-state index in [0.717, 1.165) is 43.7 Å². The van der Waals surface area contributed by atoms with Gasteiger partial charge in [0.15, 0.2) is 0 Å². The summed E-state index contributed by atoms with van der Waals surface area (Å²) < 4.78 is 1.57. The van der Waals surface area contributed by atoms with E-state index in [1.165, 1.54) is 0 Å². The van der Waals surface area contributed by atoms with Crippen molar-refractivity contribution in [1.82, 2.24) is 15.1 Å². The van der Waals surface area contributed by atoms with E-state index in [2.05, 4.69) is 15.7 Å². The molecule has 0 saturated carbocycles. The number of hydrogen-bond acceptors (Lipinski definition) is 4. The summed E-state index contributed by atoms with van der Waals surface area (Å²) in [7, 11) is 0. The number of carbonyl (C=O) groups excluding carboxylic acids is 2. The number of nitrogens with zero attached hydrogens (tertiary/aromatic N) is 2. The average Bonchev–Trinajstić information content (AvgIpc) is 3.12. The topological polar surface area (TPSA) is 102 Å². The minimum absolute atomic E-state index is 0. The lowest BCUT2D eigenvalue weighted by Gasteiger charge is -2.22. The first-order valence-corrected chi connectivity index (χ1v) is 8.58. The summed E-state index contributed by atoms with van der Waals surface area (Å²) in [5.74, 6) is 0.131. The van der Waals surface area contributed by atoms with Crippen LogP contribution < -0.4 is 16.4 Å². The number of benzene rings is 1. The summed E-state index contributed by atoms with van der Waals surface area (Å²) >= 11 is 0. The molecule has 1 fully saturated rings. The quantitative estimate of drug-likeness (QED) is 0.717. The molecule has 0 atom stereocenters. The molecule has 7 nitrogen and oxygen atoms in total. The lowest BCUT2D eigenvalue weighted by atomic mass is 9.93. The van der Waals surface area contributed by atoms with E-state index in [4.69, 9.17) is 5.73 Å². The molecule has 2 amide bonds. The highest BCUT2D eigenvalue weighted by Crippen LogP contribution is 2.19. The van der Waals surface area contributed by atoms with E-state index in [9.17, 15) is 9.59 Å². The van der Waals surface area contributed by atoms with Crippen molar-refractivity contribution in [3.63, 3.8) is 0 Å². The highest BCUT2D eigenvalue weighted by Gasteiger charge is 2.14. The van der Waals surface area contributed by atoms with Crippen LogP contribution in [0.4, 0.5) is 5.69 Å². The van der Waals surface area contributed by atoms with E-state index in [-0.39, 0.29) is 24.0 Å². The summed E-state index contributed by atoms with van der Waals surface area (Å²) in [5.41, 5.74) is 6.96. The summed E-state index contributed by atoms with van der Waals surface area (Å²) in [6, 6.07) is 8.88. The molecule has 1 aromatic heterocycles. The van der Waals surface area contributed by atoms with Crippen molar-refractivity contribution in [2.24, 2.45) is 11.7 Å². The van der Waals surface area contributed by atoms with Crippen LogP contribution >= 0.6 is 12.4 Å². The highest BCUT2D eigenvalue weighted by atomic mass is 35.5. The molecule has 0 radical (unpaired) electrons. The number of halogens is 1. The van der Waals surface area contributed by atoms with Crippen molar-refractivity contribution in [2.45, 2.75) is 25.7 Å². The number of amides is 2. The van der Waals surface area contributed by atoms with Crippen molar-refractivity contribution in [3.8, 4) is 5.69 Å². The smallest absolute Gasteiger partial charge is 0.269 e. The minimum atomic E-state index is -0.559. The molecule has 3 rings (SSSR count). The number of hydrogen-bond donors (Lipinski definition) is 3. The van der Waals surface area contributed by atoms with E-state index in [1.807, 2.05) is 24.3 Å². The number of nitrogens with one attached hydrogen (secondary N) is 2. The van der Waals surface area contributed by atoms with Gasteiger partial charge in [0.2, 0.25) is 5.91 Å². The maximum Gasteiger partial charge on any atom is 0.269 e. The first-order valence-electron chi connectivity index (χ1n) is 8.58. The van der Waals surface area contributed by atoms with Crippen molar-refractivity contribution in [3.05, 3.63) is 42.2 Å². The van der Waals surface area contributed by atoms with Gasteiger partial charge in [-0.1, -0.05) is 0 Å². The second-order valence-corrected chi connectivity index (χ2v) is 6.34. The fourth-order valence-electron chi connectivity index (χ4n) is 3.03. The van der Waals surface area contributed by atoms with E-state index in [1.54, 1.807) is 16.9 Å². The van der Waals surface area contributed by atoms with Crippen molar-refractivity contribution in [1.29, 1.82) is 0 Å². The summed E-state index contributed by atoms with van der Waals surface area (Å²) in [6.07, 6.45) is 5.47. The number of primary amides is 1. The second-order valence-electron chi connectivity index (χ2n) is 6.34. The third kappa shape index (κ3) is 5.31. The van der Waals surface area contributed by atoms with Crippen LogP contribution in [0, 0.1) is 5.92 Å². The van der Waals surface area contributed by atoms with Crippen LogP contribution in [0.25, 0.3) is 5.69 Å². The molecule has 140 valence electrons. The fourth-order valence-corrected chi connectivity index (χ4v) is 3.03. The predicted octanol–water partition coefficient (Wildman–Crippen LogP) is 2.11. The molecule has 0 aliphatic carbocycles. The molecule has 1 aliphatic rings. The Kier molecular flexibility index (Phi) is 7.17. The minimum Gasteiger partial charge on any atom is -0.364 e. The lowest BCUT2D eigenvalue weighted by molar-refractivity contribution is -0.116. The van der Waals surface area contributed by atoms with Crippen LogP contribution in [0.1, 0.15) is 36.2 Å². The standard InChI is InChI=1S/C18H23N5O2.ClH/c19-18(25)16-9-12-23(22-16)15-4-2-14(3-5-15)21-17(24)6-1-13-7-10-20-11-8-13;/h2-5,9,12-13,20H,1,6-8,10-11H2,(H2,19,25)(H,21,24);1H. The molecular formula is C18H24ClN5O2. The number of nitrogens with two attached hydrogens (primary N) is 1. The van der Waals surface area contributed by atoms with Crippen LogP contribution in [0.2, 0.25) is 0 Å². The zero-order valence-electron chi connectivity index (χ0n) is 14.5. The highest BCUT2D eigenvalue weighted by molar-refractivity contribution is 5.91. The van der Waals surface area contributed by atoms with Crippen LogP contribution in [0.5, 0.6) is 0 Å². The fraction of sp³-hybridized carbons (Fsp3) is 0.389. The van der Waals surface area contributed by atoms with Crippen molar-refractivity contribution >= 4 is 29.9 Å². The van der Waals surface area contributed by atoms with Gasteiger partial charge in [0.1, 0.15) is 5.69 Å². The number of rotatable bonds is 6. The first-order chi connectivity index (χ1) is 12.1. The van der Waals surface area contributed by atoms with Gasteiger partial charge in [-0.05, 0) is 68.6 Å². The SMILES string of the molecule is Cl.NC(=O)c1ccn(-c2ccc(NC(=O)CCC3CCNCC3)cc2)n1. The molecule has 4 N–H and O–H groups in total. The third-order valence-electron chi connectivity index (χ3n) is 4.50. The molecule has 26 heavy (non-hydrogen) atoms. The van der Waals surface area contributed by atoms with Gasteiger partial charge in [-0.3, -0.25) is 9.59 Å². The largest absolute Gasteiger partial charge is 0.364 e. The van der Waals surface area contributed by atoms with E-state index < -0.39 is 5.91 Å². The molecule has 1 aromatic carbocycles. The van der Waals surface area contributed by atoms with Gasteiger partial charge in [0.05, 0.1) is 5.69 Å². The van der Waals surface area contributed by atoms with Crippen LogP contribution in [0.3, 0.4) is 0 Å². The van der Waals surface area contributed by atoms with E-state index >= 15 is 0 Å². The van der Waals surface area contributed by atoms with Crippen molar-refractivity contribution < 1.29 is 9.59 Å². The van der Waals surface area contributed by atoms with Crippen LogP contribution in [-0.4, -0.2) is 34.7 Å². The Balaban J connectivity index is 0.00000243. The maximum absolute atomic E-state index is 12.1. The molecule has 0 spiro atoms. The lowest BCUT2D eigenvalue weighted by Crippen LogP contribution is -2.28. The monoisotopic (exact) mass is 377 g/mol. The molecule has 1 aliphatic heterocycles. The Morgan fingerprint density at radius 2 is 1.88 bits per heavy atom. The Labute approximate surface area is 158 Å². The Bertz CT molecular complexity index is 738. The number of anilines is 1.